The summed E-state index contributed by atoms with van der Waals surface area (Å²) in [6.45, 7) is 2.20. The van der Waals surface area contributed by atoms with Crippen LogP contribution in [0.3, 0.4) is 0 Å². The van der Waals surface area contributed by atoms with Crippen LogP contribution in [0.15, 0.2) is 0 Å². The van der Waals surface area contributed by atoms with Gasteiger partial charge in [-0.05, 0) is 12.8 Å². The first kappa shape index (κ1) is 16.4. The molecule has 1 aliphatic heterocycles. The predicted molar refractivity (Wildman–Crippen MR) is 74.4 cm³/mol. The van der Waals surface area contributed by atoms with E-state index >= 15 is 0 Å². The largest absolute Gasteiger partial charge is 0.388 e. The first-order chi connectivity index (χ1) is 8.69. The van der Waals surface area contributed by atoms with Crippen LogP contribution in [-0.2, 0) is 19.9 Å². The summed E-state index contributed by atoms with van der Waals surface area (Å²) in [4.78, 5) is 0. The number of hydrogen-bond acceptors (Lipinski definition) is 5. The van der Waals surface area contributed by atoms with Gasteiger partial charge in [0.1, 0.15) is 9.84 Å². The lowest BCUT2D eigenvalue weighted by Gasteiger charge is -2.28. The van der Waals surface area contributed by atoms with E-state index in [0.29, 0.717) is 6.54 Å². The second-order valence-corrected chi connectivity index (χ2v) is 9.18. The van der Waals surface area contributed by atoms with Crippen LogP contribution in [0.2, 0.25) is 0 Å². The minimum atomic E-state index is -3.50. The van der Waals surface area contributed by atoms with Gasteiger partial charge in [-0.25, -0.2) is 21.1 Å². The Balaban J connectivity index is 2.75. The van der Waals surface area contributed by atoms with Crippen LogP contribution >= 0.6 is 0 Å². The number of sulfone groups is 1. The summed E-state index contributed by atoms with van der Waals surface area (Å²) in [6.07, 6.45) is 0.501. The molecule has 112 valence electrons. The van der Waals surface area contributed by atoms with Crippen LogP contribution in [0.1, 0.15) is 26.2 Å². The fourth-order valence-corrected chi connectivity index (χ4v) is 5.84. The van der Waals surface area contributed by atoms with E-state index in [1.54, 1.807) is 6.92 Å². The second kappa shape index (κ2) is 6.19. The Bertz CT molecular complexity index is 513. The Kier molecular flexibility index (Phi) is 5.34. The molecular formula is C10H21N3O4S2. The topological polar surface area (TPSA) is 121 Å². The van der Waals surface area contributed by atoms with E-state index in [0.717, 1.165) is 0 Å². The Labute approximate surface area is 114 Å². The highest BCUT2D eigenvalue weighted by Crippen LogP contribution is 2.22. The van der Waals surface area contributed by atoms with Crippen molar-refractivity contribution in [2.24, 2.45) is 5.73 Å². The molecule has 0 aliphatic carbocycles. The van der Waals surface area contributed by atoms with E-state index in [1.165, 1.54) is 4.31 Å². The van der Waals surface area contributed by atoms with Gasteiger partial charge >= 0.3 is 0 Å². The second-order valence-electron chi connectivity index (χ2n) is 4.66. The predicted octanol–water partition coefficient (Wildman–Crippen LogP) is -0.459. The normalized spacial score (nSPS) is 20.5. The molecular weight excluding hydrogens is 290 g/mol. The lowest BCUT2D eigenvalue weighted by atomic mass is 10.2. The summed E-state index contributed by atoms with van der Waals surface area (Å²) in [5.74, 6) is -0.192. The van der Waals surface area contributed by atoms with E-state index < -0.39 is 25.1 Å². The van der Waals surface area contributed by atoms with Crippen LogP contribution in [-0.4, -0.2) is 56.8 Å². The fourth-order valence-electron chi connectivity index (χ4n) is 2.09. The van der Waals surface area contributed by atoms with E-state index in [1.807, 2.05) is 0 Å². The van der Waals surface area contributed by atoms with Crippen LogP contribution in [0.4, 0.5) is 0 Å². The first-order valence-electron chi connectivity index (χ1n) is 6.21. The number of hydrogen-bond donors (Lipinski definition) is 2. The summed E-state index contributed by atoms with van der Waals surface area (Å²) < 4.78 is 48.7. The molecule has 0 bridgehead atoms. The Morgan fingerprint density at radius 3 is 2.32 bits per heavy atom. The molecule has 0 radical (unpaired) electrons. The Hall–Kier alpha value is -0.670. The molecule has 0 saturated carbocycles. The van der Waals surface area contributed by atoms with Crippen molar-refractivity contribution in [3.8, 4) is 0 Å². The minimum absolute atomic E-state index is 0.0557. The van der Waals surface area contributed by atoms with E-state index in [-0.39, 0.29) is 43.1 Å². The van der Waals surface area contributed by atoms with Crippen molar-refractivity contribution in [1.82, 2.24) is 4.31 Å². The van der Waals surface area contributed by atoms with E-state index in [4.69, 9.17) is 11.1 Å². The average Bonchev–Trinajstić information content (AvgIpc) is 2.28. The monoisotopic (exact) mass is 311 g/mol. The average molecular weight is 311 g/mol. The van der Waals surface area contributed by atoms with Crippen LogP contribution < -0.4 is 5.73 Å². The third-order valence-corrected chi connectivity index (χ3v) is 7.46. The molecule has 0 aromatic carbocycles. The van der Waals surface area contributed by atoms with Gasteiger partial charge < -0.3 is 5.73 Å². The van der Waals surface area contributed by atoms with E-state index in [9.17, 15) is 16.8 Å². The van der Waals surface area contributed by atoms with Crippen molar-refractivity contribution >= 4 is 25.7 Å². The fraction of sp³-hybridized carbons (Fsp3) is 0.900. The van der Waals surface area contributed by atoms with Crippen LogP contribution in [0.25, 0.3) is 0 Å². The van der Waals surface area contributed by atoms with Gasteiger partial charge in [0, 0.05) is 19.5 Å². The maximum absolute atomic E-state index is 12.4. The molecule has 0 unspecified atom stereocenters. The highest BCUT2D eigenvalue weighted by atomic mass is 32.2. The minimum Gasteiger partial charge on any atom is -0.388 e. The number of nitrogens with zero attached hydrogens (tertiary/aromatic N) is 1. The molecule has 19 heavy (non-hydrogen) atoms. The van der Waals surface area contributed by atoms with Crippen molar-refractivity contribution in [1.29, 1.82) is 5.41 Å². The number of nitrogens with two attached hydrogens (primary N) is 1. The molecule has 7 nitrogen and oxygen atoms in total. The number of rotatable bonds is 6. The van der Waals surface area contributed by atoms with Gasteiger partial charge in [-0.2, -0.15) is 0 Å². The van der Waals surface area contributed by atoms with Crippen molar-refractivity contribution in [2.75, 3.05) is 24.6 Å². The molecule has 1 aliphatic rings. The maximum Gasteiger partial charge on any atom is 0.217 e. The van der Waals surface area contributed by atoms with Crippen molar-refractivity contribution < 1.29 is 16.8 Å². The van der Waals surface area contributed by atoms with Gasteiger partial charge in [-0.1, -0.05) is 6.92 Å². The summed E-state index contributed by atoms with van der Waals surface area (Å²) in [7, 11) is -6.57. The lowest BCUT2D eigenvalue weighted by Crippen LogP contribution is -2.43. The summed E-state index contributed by atoms with van der Waals surface area (Å²) >= 11 is 0. The zero-order valence-electron chi connectivity index (χ0n) is 11.0. The molecule has 1 saturated heterocycles. The third-order valence-electron chi connectivity index (χ3n) is 3.27. The Morgan fingerprint density at radius 1 is 1.37 bits per heavy atom. The highest BCUT2D eigenvalue weighted by Gasteiger charge is 2.35. The maximum atomic E-state index is 12.4. The molecule has 1 heterocycles. The molecule has 1 fully saturated rings. The van der Waals surface area contributed by atoms with E-state index in [2.05, 4.69) is 0 Å². The van der Waals surface area contributed by atoms with Crippen molar-refractivity contribution in [3.05, 3.63) is 0 Å². The zero-order valence-corrected chi connectivity index (χ0v) is 12.6. The van der Waals surface area contributed by atoms with Gasteiger partial charge in [-0.3, -0.25) is 5.41 Å². The molecule has 3 N–H and O–H groups in total. The molecule has 0 atom stereocenters. The number of nitrogens with one attached hydrogen (secondary N) is 1. The number of sulfonamides is 1. The van der Waals surface area contributed by atoms with Gasteiger partial charge in [0.25, 0.3) is 0 Å². The molecule has 0 aromatic heterocycles. The Morgan fingerprint density at radius 2 is 1.89 bits per heavy atom. The summed E-state index contributed by atoms with van der Waals surface area (Å²) in [6, 6.07) is 0. The molecule has 0 spiro atoms. The van der Waals surface area contributed by atoms with Gasteiger partial charge in [0.05, 0.1) is 22.6 Å². The van der Waals surface area contributed by atoms with Gasteiger partial charge in [-0.15, -0.1) is 0 Å². The zero-order chi connectivity index (χ0) is 14.7. The summed E-state index contributed by atoms with van der Waals surface area (Å²) in [5, 5.41) is 6.50. The molecule has 0 aromatic rings. The smallest absolute Gasteiger partial charge is 0.217 e. The summed E-state index contributed by atoms with van der Waals surface area (Å²) in [5.41, 5.74) is 5.24. The van der Waals surface area contributed by atoms with Crippen molar-refractivity contribution in [3.63, 3.8) is 0 Å². The lowest BCUT2D eigenvalue weighted by molar-refractivity contribution is 0.422. The quantitative estimate of drug-likeness (QED) is 0.508. The first-order valence-corrected chi connectivity index (χ1v) is 9.54. The highest BCUT2D eigenvalue weighted by molar-refractivity contribution is 7.92. The molecule has 0 amide bonds. The van der Waals surface area contributed by atoms with Crippen LogP contribution in [0.5, 0.6) is 0 Å². The SMILES string of the molecule is CCN(CCC(=N)N)S(=O)(=O)C1CCS(=O)(=O)CC1. The van der Waals surface area contributed by atoms with Gasteiger partial charge in [0.2, 0.25) is 10.0 Å². The number of amidine groups is 1. The molecule has 9 heteroatoms. The van der Waals surface area contributed by atoms with Gasteiger partial charge in [0.15, 0.2) is 0 Å². The third kappa shape index (κ3) is 4.43. The standard InChI is InChI=1S/C10H21N3O4S2/c1-2-13(6-3-10(11)12)19(16,17)9-4-7-18(14,15)8-5-9/h9H,2-8H2,1H3,(H3,11,12). The van der Waals surface area contributed by atoms with Crippen LogP contribution in [0, 0.1) is 5.41 Å². The van der Waals surface area contributed by atoms with Crippen molar-refractivity contribution in [2.45, 2.75) is 31.4 Å². The molecule has 1 rings (SSSR count).